The monoisotopic (exact) mass is 498 g/mol. The summed E-state index contributed by atoms with van der Waals surface area (Å²) in [5.74, 6) is -0.220. The molecule has 0 aliphatic carbocycles. The highest BCUT2D eigenvalue weighted by Gasteiger charge is 2.25. The molecule has 4 rings (SSSR count). The molecule has 0 radical (unpaired) electrons. The minimum absolute atomic E-state index is 0.121. The van der Waals surface area contributed by atoms with E-state index in [1.165, 1.54) is 15.6 Å². The van der Waals surface area contributed by atoms with Gasteiger partial charge in [-0.2, -0.15) is 4.31 Å². The van der Waals surface area contributed by atoms with Gasteiger partial charge in [0, 0.05) is 37.1 Å². The van der Waals surface area contributed by atoms with E-state index in [1.54, 1.807) is 12.1 Å². The third kappa shape index (κ3) is 5.32. The molecule has 0 spiro atoms. The quantitative estimate of drug-likeness (QED) is 0.465. The van der Waals surface area contributed by atoms with E-state index in [0.29, 0.717) is 24.5 Å². The first-order chi connectivity index (χ1) is 16.4. The zero-order chi connectivity index (χ0) is 24.1. The van der Waals surface area contributed by atoms with Crippen LogP contribution in [-0.4, -0.2) is 49.8 Å². The van der Waals surface area contributed by atoms with Crippen LogP contribution in [0.2, 0.25) is 0 Å². The molecule has 34 heavy (non-hydrogen) atoms. The Morgan fingerprint density at radius 2 is 1.79 bits per heavy atom. The molecule has 2 aromatic carbocycles. The van der Waals surface area contributed by atoms with Crippen LogP contribution in [0, 0.1) is 0 Å². The van der Waals surface area contributed by atoms with Crippen molar-refractivity contribution in [1.82, 2.24) is 9.29 Å². The molecule has 0 atom stereocenters. The number of anilines is 2. The summed E-state index contributed by atoms with van der Waals surface area (Å²) in [4.78, 5) is 20.0. The average Bonchev–Trinajstić information content (AvgIpc) is 3.53. The molecule has 1 aliphatic rings. The molecule has 2 heterocycles. The number of carbonyl (C=O) groups excluding carboxylic acids is 1. The first-order valence-corrected chi connectivity index (χ1v) is 13.9. The van der Waals surface area contributed by atoms with Crippen LogP contribution in [0.5, 0.6) is 0 Å². The predicted octanol–water partition coefficient (Wildman–Crippen LogP) is 4.62. The molecule has 1 N–H and O–H groups in total. The Kier molecular flexibility index (Phi) is 7.65. The number of sulfonamides is 1. The minimum Gasteiger partial charge on any atom is -0.370 e. The molecular formula is C25H30N4O3S2. The summed E-state index contributed by atoms with van der Waals surface area (Å²) in [5.41, 5.74) is 3.09. The largest absolute Gasteiger partial charge is 0.370 e. The molecule has 1 amide bonds. The number of hydrogen-bond acceptors (Lipinski definition) is 6. The lowest BCUT2D eigenvalue weighted by Gasteiger charge is -2.24. The molecule has 7 nitrogen and oxygen atoms in total. The minimum atomic E-state index is -3.63. The normalized spacial score (nSPS) is 14.0. The van der Waals surface area contributed by atoms with Crippen LogP contribution >= 0.6 is 11.3 Å². The number of aromatic nitrogens is 1. The first kappa shape index (κ1) is 24.4. The van der Waals surface area contributed by atoms with Crippen molar-refractivity contribution in [3.8, 4) is 10.6 Å². The Balaban J connectivity index is 1.58. The topological polar surface area (TPSA) is 82.6 Å². The number of rotatable bonds is 9. The summed E-state index contributed by atoms with van der Waals surface area (Å²) in [7, 11) is -3.63. The standard InChI is InChI=1S/C25H30N4O3S2/c1-3-29(4-2)34(31,32)21-12-13-23(28-14-8-9-15-28)22(17-21)27-24(30)16-20-18-33-25(26-20)19-10-6-5-7-11-19/h5-7,10-13,17-18H,3-4,8-9,14-16H2,1-2H3,(H,27,30). The lowest BCUT2D eigenvalue weighted by Crippen LogP contribution is -2.31. The van der Waals surface area contributed by atoms with Crippen molar-refractivity contribution in [3.05, 3.63) is 59.6 Å². The Morgan fingerprint density at radius 3 is 2.47 bits per heavy atom. The SMILES string of the molecule is CCN(CC)S(=O)(=O)c1ccc(N2CCCC2)c(NC(=O)Cc2csc(-c3ccccc3)n2)c1. The molecule has 1 fully saturated rings. The Labute approximate surface area is 205 Å². The van der Waals surface area contributed by atoms with E-state index in [1.807, 2.05) is 55.6 Å². The maximum Gasteiger partial charge on any atom is 0.243 e. The van der Waals surface area contributed by atoms with E-state index in [2.05, 4.69) is 15.2 Å². The first-order valence-electron chi connectivity index (χ1n) is 11.6. The van der Waals surface area contributed by atoms with Gasteiger partial charge in [0.2, 0.25) is 15.9 Å². The third-order valence-corrected chi connectivity index (χ3v) is 8.93. The number of hydrogen-bond donors (Lipinski definition) is 1. The van der Waals surface area contributed by atoms with Gasteiger partial charge in [0.1, 0.15) is 5.01 Å². The van der Waals surface area contributed by atoms with Crippen molar-refractivity contribution in [3.63, 3.8) is 0 Å². The fraction of sp³-hybridized carbons (Fsp3) is 0.360. The van der Waals surface area contributed by atoms with Crippen LogP contribution in [0.1, 0.15) is 32.4 Å². The van der Waals surface area contributed by atoms with Gasteiger partial charge in [-0.15, -0.1) is 11.3 Å². The van der Waals surface area contributed by atoms with Gasteiger partial charge < -0.3 is 10.2 Å². The van der Waals surface area contributed by atoms with Crippen LogP contribution in [0.3, 0.4) is 0 Å². The molecule has 0 saturated carbocycles. The zero-order valence-corrected chi connectivity index (χ0v) is 21.2. The predicted molar refractivity (Wildman–Crippen MR) is 138 cm³/mol. The second kappa shape index (κ2) is 10.7. The summed E-state index contributed by atoms with van der Waals surface area (Å²) in [6.45, 7) is 6.19. The van der Waals surface area contributed by atoms with Gasteiger partial charge in [-0.25, -0.2) is 13.4 Å². The van der Waals surface area contributed by atoms with E-state index in [-0.39, 0.29) is 17.2 Å². The van der Waals surface area contributed by atoms with Crippen molar-refractivity contribution in [1.29, 1.82) is 0 Å². The van der Waals surface area contributed by atoms with E-state index >= 15 is 0 Å². The number of benzene rings is 2. The molecule has 0 bridgehead atoms. The third-order valence-electron chi connectivity index (χ3n) is 5.95. The van der Waals surface area contributed by atoms with Gasteiger partial charge in [0.05, 0.1) is 28.4 Å². The smallest absolute Gasteiger partial charge is 0.243 e. The number of carbonyl (C=O) groups is 1. The fourth-order valence-electron chi connectivity index (χ4n) is 4.18. The molecular weight excluding hydrogens is 468 g/mol. The highest BCUT2D eigenvalue weighted by molar-refractivity contribution is 7.89. The number of thiazole rings is 1. The number of amides is 1. The lowest BCUT2D eigenvalue weighted by molar-refractivity contribution is -0.115. The Hall–Kier alpha value is -2.75. The molecule has 3 aromatic rings. The van der Waals surface area contributed by atoms with Gasteiger partial charge in [0.25, 0.3) is 0 Å². The molecule has 1 aromatic heterocycles. The highest BCUT2D eigenvalue weighted by Crippen LogP contribution is 2.32. The maximum absolute atomic E-state index is 13.1. The number of nitrogens with zero attached hydrogens (tertiary/aromatic N) is 3. The van der Waals surface area contributed by atoms with Crippen molar-refractivity contribution >= 4 is 38.6 Å². The summed E-state index contributed by atoms with van der Waals surface area (Å²) < 4.78 is 27.6. The van der Waals surface area contributed by atoms with Gasteiger partial charge in [0.15, 0.2) is 0 Å². The van der Waals surface area contributed by atoms with E-state index in [0.717, 1.165) is 42.2 Å². The van der Waals surface area contributed by atoms with Crippen LogP contribution < -0.4 is 10.2 Å². The van der Waals surface area contributed by atoms with Crippen LogP contribution in [0.4, 0.5) is 11.4 Å². The molecule has 1 saturated heterocycles. The Bertz CT molecular complexity index is 1230. The summed E-state index contributed by atoms with van der Waals surface area (Å²) in [6, 6.07) is 14.9. The zero-order valence-electron chi connectivity index (χ0n) is 19.5. The van der Waals surface area contributed by atoms with Crippen molar-refractivity contribution < 1.29 is 13.2 Å². The van der Waals surface area contributed by atoms with Gasteiger partial charge in [-0.3, -0.25) is 4.79 Å². The van der Waals surface area contributed by atoms with E-state index in [4.69, 9.17) is 0 Å². The summed E-state index contributed by atoms with van der Waals surface area (Å²) in [5, 5.41) is 5.74. The Morgan fingerprint density at radius 1 is 1.09 bits per heavy atom. The second-order valence-corrected chi connectivity index (χ2v) is 11.0. The highest BCUT2D eigenvalue weighted by atomic mass is 32.2. The van der Waals surface area contributed by atoms with Crippen molar-refractivity contribution in [2.75, 3.05) is 36.4 Å². The fourth-order valence-corrected chi connectivity index (χ4v) is 6.49. The van der Waals surface area contributed by atoms with Crippen molar-refractivity contribution in [2.24, 2.45) is 0 Å². The second-order valence-electron chi connectivity index (χ2n) is 8.20. The molecule has 180 valence electrons. The summed E-state index contributed by atoms with van der Waals surface area (Å²) in [6.07, 6.45) is 2.28. The average molecular weight is 499 g/mol. The van der Waals surface area contributed by atoms with Gasteiger partial charge in [-0.1, -0.05) is 44.2 Å². The summed E-state index contributed by atoms with van der Waals surface area (Å²) >= 11 is 1.50. The van der Waals surface area contributed by atoms with Crippen molar-refractivity contribution in [2.45, 2.75) is 38.0 Å². The van der Waals surface area contributed by atoms with E-state index in [9.17, 15) is 13.2 Å². The molecule has 1 aliphatic heterocycles. The molecule has 9 heteroatoms. The van der Waals surface area contributed by atoms with Crippen LogP contribution in [0.25, 0.3) is 10.6 Å². The van der Waals surface area contributed by atoms with Crippen LogP contribution in [0.15, 0.2) is 58.8 Å². The van der Waals surface area contributed by atoms with Gasteiger partial charge >= 0.3 is 0 Å². The number of nitrogens with one attached hydrogen (secondary N) is 1. The lowest BCUT2D eigenvalue weighted by atomic mass is 10.2. The van der Waals surface area contributed by atoms with E-state index < -0.39 is 10.0 Å². The van der Waals surface area contributed by atoms with Gasteiger partial charge in [-0.05, 0) is 31.0 Å². The van der Waals surface area contributed by atoms with Crippen LogP contribution in [-0.2, 0) is 21.2 Å². The molecule has 0 unspecified atom stereocenters. The maximum atomic E-state index is 13.1.